The van der Waals surface area contributed by atoms with Crippen LogP contribution in [0.5, 0.6) is 0 Å². The molecule has 204 valence electrons. The first-order valence-corrected chi connectivity index (χ1v) is 13.3. The molecule has 0 aliphatic carbocycles. The largest absolute Gasteiger partial charge is 0.382 e. The highest BCUT2D eigenvalue weighted by Crippen LogP contribution is 2.24. The smallest absolute Gasteiger partial charge is 0.189 e. The molecule has 1 aliphatic rings. The fraction of sp³-hybridized carbons (Fsp3) is 0.400. The van der Waals surface area contributed by atoms with Gasteiger partial charge in [0.15, 0.2) is 11.6 Å². The van der Waals surface area contributed by atoms with Crippen molar-refractivity contribution in [2.24, 2.45) is 5.92 Å². The van der Waals surface area contributed by atoms with Gasteiger partial charge in [0.25, 0.3) is 0 Å². The van der Waals surface area contributed by atoms with E-state index in [9.17, 15) is 14.4 Å². The number of carbonyl (C=O) groups is 3. The summed E-state index contributed by atoms with van der Waals surface area (Å²) in [4.78, 5) is 52.1. The van der Waals surface area contributed by atoms with E-state index in [2.05, 4.69) is 19.9 Å². The number of morpholine rings is 1. The van der Waals surface area contributed by atoms with Crippen LogP contribution in [0, 0.1) is 5.92 Å². The second-order valence-corrected chi connectivity index (χ2v) is 10.00. The molecule has 3 aromatic rings. The lowest BCUT2D eigenvalue weighted by Gasteiger charge is -2.30. The predicted octanol–water partition coefficient (Wildman–Crippen LogP) is 3.89. The number of ketones is 3. The number of nitrogens with zero attached hydrogens (tertiary/aromatic N) is 4. The number of aromatic nitrogens is 3. The first-order chi connectivity index (χ1) is 18.8. The number of benzene rings is 1. The molecule has 9 nitrogen and oxygen atoms in total. The molecular weight excluding hydrogens is 494 g/mol. The highest BCUT2D eigenvalue weighted by atomic mass is 16.5. The monoisotopic (exact) mass is 529 g/mol. The maximum absolute atomic E-state index is 13.3. The van der Waals surface area contributed by atoms with Crippen molar-refractivity contribution in [2.45, 2.75) is 46.0 Å². The molecule has 1 aliphatic heterocycles. The summed E-state index contributed by atoms with van der Waals surface area (Å²) in [6, 6.07) is 9.64. The number of nitrogens with two attached hydrogens (primary N) is 1. The maximum atomic E-state index is 13.3. The predicted molar refractivity (Wildman–Crippen MR) is 150 cm³/mol. The fourth-order valence-corrected chi connectivity index (χ4v) is 4.61. The standard InChI is InChI=1S/C30H35N5O4/c1-20(3-4-21(2)36)27(37)10-7-22-5-8-23(9-6-22)25-19-33-30(31)29(34-25)28(38)17-24-18-32-12-11-26(24)35-13-15-39-16-14-35/h5-6,8-9,11-12,18-20H,3-4,7,10,13-17H2,1-2H3,(H2,31,33)/t20-/m1/s1. The quantitative estimate of drug-likeness (QED) is 0.347. The van der Waals surface area contributed by atoms with Crippen molar-refractivity contribution in [3.8, 4) is 11.3 Å². The van der Waals surface area contributed by atoms with Crippen LogP contribution >= 0.6 is 0 Å². The third kappa shape index (κ3) is 7.54. The van der Waals surface area contributed by atoms with Gasteiger partial charge < -0.3 is 20.2 Å². The summed E-state index contributed by atoms with van der Waals surface area (Å²) in [5.74, 6) is 0.0210. The molecule has 39 heavy (non-hydrogen) atoms. The normalized spacial score (nSPS) is 14.2. The lowest BCUT2D eigenvalue weighted by Crippen LogP contribution is -2.37. The lowest BCUT2D eigenvalue weighted by atomic mass is 9.94. The molecule has 2 aromatic heterocycles. The van der Waals surface area contributed by atoms with Crippen LogP contribution in [0.1, 0.15) is 54.7 Å². The first-order valence-electron chi connectivity index (χ1n) is 13.3. The van der Waals surface area contributed by atoms with Crippen LogP contribution in [0.15, 0.2) is 48.9 Å². The number of aryl methyl sites for hydroxylation is 1. The van der Waals surface area contributed by atoms with E-state index in [0.717, 1.165) is 35.5 Å². The average Bonchev–Trinajstić information content (AvgIpc) is 2.96. The SMILES string of the molecule is CC(=O)CC[C@@H](C)C(=O)CCc1ccc(-c2cnc(N)c(C(=O)Cc3cnccc3N3CCOCC3)n2)cc1. The molecule has 1 saturated heterocycles. The summed E-state index contributed by atoms with van der Waals surface area (Å²) in [6.45, 7) is 6.23. The number of hydrogen-bond donors (Lipinski definition) is 1. The van der Waals surface area contributed by atoms with Crippen molar-refractivity contribution >= 4 is 28.9 Å². The van der Waals surface area contributed by atoms with Gasteiger partial charge in [0.1, 0.15) is 17.3 Å². The summed E-state index contributed by atoms with van der Waals surface area (Å²) in [6.07, 6.45) is 7.19. The van der Waals surface area contributed by atoms with Gasteiger partial charge in [0.2, 0.25) is 0 Å². The number of Topliss-reactive ketones (excluding diaryl/α,β-unsaturated/α-hetero) is 3. The van der Waals surface area contributed by atoms with E-state index in [1.54, 1.807) is 25.5 Å². The summed E-state index contributed by atoms with van der Waals surface area (Å²) in [5, 5.41) is 0. The summed E-state index contributed by atoms with van der Waals surface area (Å²) < 4.78 is 5.45. The van der Waals surface area contributed by atoms with E-state index in [-0.39, 0.29) is 41.2 Å². The second-order valence-electron chi connectivity index (χ2n) is 10.00. The second kappa shape index (κ2) is 13.2. The van der Waals surface area contributed by atoms with E-state index < -0.39 is 0 Å². The zero-order valence-corrected chi connectivity index (χ0v) is 22.6. The molecule has 0 saturated carbocycles. The molecular formula is C30H35N5O4. The summed E-state index contributed by atoms with van der Waals surface area (Å²) in [7, 11) is 0. The number of nitrogen functional groups attached to an aromatic ring is 1. The number of carbonyl (C=O) groups excluding carboxylic acids is 3. The Morgan fingerprint density at radius 3 is 2.51 bits per heavy atom. The number of hydrogen-bond acceptors (Lipinski definition) is 9. The Bertz CT molecular complexity index is 1320. The molecule has 1 fully saturated rings. The van der Waals surface area contributed by atoms with E-state index in [1.807, 2.05) is 37.3 Å². The van der Waals surface area contributed by atoms with Crippen LogP contribution in [0.3, 0.4) is 0 Å². The van der Waals surface area contributed by atoms with Gasteiger partial charge in [-0.3, -0.25) is 14.6 Å². The Balaban J connectivity index is 1.42. The molecule has 2 N–H and O–H groups in total. The van der Waals surface area contributed by atoms with Gasteiger partial charge in [-0.2, -0.15) is 0 Å². The van der Waals surface area contributed by atoms with Crippen LogP contribution in [0.25, 0.3) is 11.3 Å². The number of anilines is 2. The minimum atomic E-state index is -0.224. The molecule has 9 heteroatoms. The fourth-order valence-electron chi connectivity index (χ4n) is 4.61. The topological polar surface area (TPSA) is 128 Å². The van der Waals surface area contributed by atoms with Crippen LogP contribution in [0.2, 0.25) is 0 Å². The van der Waals surface area contributed by atoms with Crippen molar-refractivity contribution in [3.05, 3.63) is 65.7 Å². The molecule has 3 heterocycles. The molecule has 0 unspecified atom stereocenters. The molecule has 1 aromatic carbocycles. The Morgan fingerprint density at radius 1 is 1.05 bits per heavy atom. The average molecular weight is 530 g/mol. The van der Waals surface area contributed by atoms with Crippen LogP contribution in [-0.2, 0) is 27.2 Å². The minimum Gasteiger partial charge on any atom is -0.382 e. The van der Waals surface area contributed by atoms with Gasteiger partial charge in [0, 0.05) is 67.5 Å². The van der Waals surface area contributed by atoms with Gasteiger partial charge in [0.05, 0.1) is 25.1 Å². The third-order valence-corrected chi connectivity index (χ3v) is 7.03. The maximum Gasteiger partial charge on any atom is 0.189 e. The van der Waals surface area contributed by atoms with E-state index in [0.29, 0.717) is 44.6 Å². The van der Waals surface area contributed by atoms with E-state index >= 15 is 0 Å². The van der Waals surface area contributed by atoms with Gasteiger partial charge in [-0.15, -0.1) is 0 Å². The van der Waals surface area contributed by atoms with E-state index in [1.165, 1.54) is 0 Å². The summed E-state index contributed by atoms with van der Waals surface area (Å²) >= 11 is 0. The molecule has 0 bridgehead atoms. The van der Waals surface area contributed by atoms with Gasteiger partial charge in [-0.1, -0.05) is 31.2 Å². The highest BCUT2D eigenvalue weighted by molar-refractivity contribution is 6.00. The highest BCUT2D eigenvalue weighted by Gasteiger charge is 2.20. The van der Waals surface area contributed by atoms with Crippen LogP contribution in [-0.4, -0.2) is 58.6 Å². The van der Waals surface area contributed by atoms with Gasteiger partial charge in [-0.05, 0) is 31.4 Å². The first kappa shape index (κ1) is 28.0. The Kier molecular flexibility index (Phi) is 9.49. The van der Waals surface area contributed by atoms with Crippen LogP contribution < -0.4 is 10.6 Å². The minimum absolute atomic E-state index is 0.0922. The number of rotatable bonds is 12. The number of pyridine rings is 1. The molecule has 0 amide bonds. The Hall–Kier alpha value is -3.98. The van der Waals surface area contributed by atoms with Crippen molar-refractivity contribution in [1.29, 1.82) is 0 Å². The van der Waals surface area contributed by atoms with Crippen molar-refractivity contribution < 1.29 is 19.1 Å². The lowest BCUT2D eigenvalue weighted by molar-refractivity contribution is -0.123. The van der Waals surface area contributed by atoms with Crippen molar-refractivity contribution in [1.82, 2.24) is 15.0 Å². The van der Waals surface area contributed by atoms with Crippen LogP contribution in [0.4, 0.5) is 11.5 Å². The zero-order valence-electron chi connectivity index (χ0n) is 22.6. The number of ether oxygens (including phenoxy) is 1. The third-order valence-electron chi connectivity index (χ3n) is 7.03. The molecule has 0 spiro atoms. The van der Waals surface area contributed by atoms with E-state index in [4.69, 9.17) is 10.5 Å². The zero-order chi connectivity index (χ0) is 27.8. The Morgan fingerprint density at radius 2 is 1.79 bits per heavy atom. The molecule has 4 rings (SSSR count). The van der Waals surface area contributed by atoms with Gasteiger partial charge in [-0.25, -0.2) is 9.97 Å². The van der Waals surface area contributed by atoms with Crippen molar-refractivity contribution in [2.75, 3.05) is 36.9 Å². The summed E-state index contributed by atoms with van der Waals surface area (Å²) in [5.41, 5.74) is 10.4. The van der Waals surface area contributed by atoms with Gasteiger partial charge >= 0.3 is 0 Å². The van der Waals surface area contributed by atoms with Crippen molar-refractivity contribution in [3.63, 3.8) is 0 Å². The Labute approximate surface area is 228 Å². The molecule has 0 radical (unpaired) electrons. The molecule has 1 atom stereocenters.